The molecule has 0 amide bonds. The molecule has 2 aromatic rings. The number of aryl methyl sites for hydroxylation is 2. The molecule has 1 aliphatic heterocycles. The zero-order valence-corrected chi connectivity index (χ0v) is 12.9. The molecule has 108 valence electrons. The maximum absolute atomic E-state index is 5.24. The van der Waals surface area contributed by atoms with E-state index in [0.29, 0.717) is 0 Å². The summed E-state index contributed by atoms with van der Waals surface area (Å²) in [7, 11) is 0. The standard InChI is InChI=1S/C15H21N3OS/c1-12-15(13(2)19-16-12)11-18-7-5-17(6-8-18)10-14-4-3-9-20-14/h3-4,9H,5-8,10-11H2,1-2H3. The Labute approximate surface area is 124 Å². The minimum atomic E-state index is 0.962. The molecule has 0 unspecified atom stereocenters. The van der Waals surface area contributed by atoms with Gasteiger partial charge in [-0.05, 0) is 25.3 Å². The molecule has 0 saturated carbocycles. The fraction of sp³-hybridized carbons (Fsp3) is 0.533. The molecule has 0 N–H and O–H groups in total. The molecular weight excluding hydrogens is 270 g/mol. The van der Waals surface area contributed by atoms with E-state index in [1.54, 1.807) is 0 Å². The number of aromatic nitrogens is 1. The van der Waals surface area contributed by atoms with Crippen LogP contribution in [0.5, 0.6) is 0 Å². The Kier molecular flexibility index (Phi) is 4.19. The van der Waals surface area contributed by atoms with E-state index in [1.165, 1.54) is 10.4 Å². The van der Waals surface area contributed by atoms with Crippen molar-refractivity contribution in [1.82, 2.24) is 15.0 Å². The van der Waals surface area contributed by atoms with Gasteiger partial charge in [0.1, 0.15) is 5.76 Å². The van der Waals surface area contributed by atoms with E-state index in [0.717, 1.165) is 50.7 Å². The maximum atomic E-state index is 5.24. The van der Waals surface area contributed by atoms with Crippen LogP contribution in [0.4, 0.5) is 0 Å². The SMILES string of the molecule is Cc1noc(C)c1CN1CCN(Cc2cccs2)CC1. The predicted molar refractivity (Wildman–Crippen MR) is 80.9 cm³/mol. The van der Waals surface area contributed by atoms with Gasteiger partial charge in [-0.2, -0.15) is 0 Å². The first kappa shape index (κ1) is 13.8. The van der Waals surface area contributed by atoms with E-state index in [4.69, 9.17) is 4.52 Å². The predicted octanol–water partition coefficient (Wildman–Crippen LogP) is 2.67. The number of nitrogens with zero attached hydrogens (tertiary/aromatic N) is 3. The van der Waals surface area contributed by atoms with Crippen molar-refractivity contribution in [3.8, 4) is 0 Å². The summed E-state index contributed by atoms with van der Waals surface area (Å²) in [4.78, 5) is 6.50. The molecule has 20 heavy (non-hydrogen) atoms. The van der Waals surface area contributed by atoms with Crippen LogP contribution >= 0.6 is 11.3 Å². The minimum absolute atomic E-state index is 0.962. The van der Waals surface area contributed by atoms with E-state index >= 15 is 0 Å². The molecule has 0 spiro atoms. The Morgan fingerprint density at radius 1 is 1.15 bits per heavy atom. The smallest absolute Gasteiger partial charge is 0.138 e. The Morgan fingerprint density at radius 2 is 1.85 bits per heavy atom. The van der Waals surface area contributed by atoms with Gasteiger partial charge >= 0.3 is 0 Å². The van der Waals surface area contributed by atoms with Gasteiger partial charge in [-0.3, -0.25) is 9.80 Å². The lowest BCUT2D eigenvalue weighted by atomic mass is 10.2. The van der Waals surface area contributed by atoms with Gasteiger partial charge in [0.25, 0.3) is 0 Å². The number of thiophene rings is 1. The van der Waals surface area contributed by atoms with Crippen molar-refractivity contribution in [3.05, 3.63) is 39.4 Å². The lowest BCUT2D eigenvalue weighted by Crippen LogP contribution is -2.45. The molecule has 0 atom stereocenters. The van der Waals surface area contributed by atoms with E-state index in [2.05, 4.69) is 32.5 Å². The summed E-state index contributed by atoms with van der Waals surface area (Å²) in [5.41, 5.74) is 2.29. The first-order chi connectivity index (χ1) is 9.72. The van der Waals surface area contributed by atoms with Crippen LogP contribution in [-0.2, 0) is 13.1 Å². The highest BCUT2D eigenvalue weighted by Crippen LogP contribution is 2.17. The normalized spacial score (nSPS) is 17.7. The van der Waals surface area contributed by atoms with Crippen LogP contribution in [0.3, 0.4) is 0 Å². The fourth-order valence-electron chi connectivity index (χ4n) is 2.68. The summed E-state index contributed by atoms with van der Waals surface area (Å²) in [5.74, 6) is 0.962. The van der Waals surface area contributed by atoms with Crippen molar-refractivity contribution in [1.29, 1.82) is 0 Å². The van der Waals surface area contributed by atoms with Crippen LogP contribution in [0, 0.1) is 13.8 Å². The van der Waals surface area contributed by atoms with Crippen molar-refractivity contribution in [2.24, 2.45) is 0 Å². The van der Waals surface area contributed by atoms with Crippen LogP contribution in [-0.4, -0.2) is 41.1 Å². The molecule has 1 saturated heterocycles. The minimum Gasteiger partial charge on any atom is -0.361 e. The lowest BCUT2D eigenvalue weighted by Gasteiger charge is -2.34. The molecule has 2 aromatic heterocycles. The van der Waals surface area contributed by atoms with Gasteiger partial charge in [0.15, 0.2) is 0 Å². The van der Waals surface area contributed by atoms with Crippen LogP contribution < -0.4 is 0 Å². The first-order valence-corrected chi connectivity index (χ1v) is 7.99. The van der Waals surface area contributed by atoms with Crippen LogP contribution in [0.25, 0.3) is 0 Å². The highest BCUT2D eigenvalue weighted by Gasteiger charge is 2.20. The Bertz CT molecular complexity index is 522. The number of rotatable bonds is 4. The summed E-state index contributed by atoms with van der Waals surface area (Å²) in [6, 6.07) is 4.36. The fourth-order valence-corrected chi connectivity index (χ4v) is 3.43. The molecule has 0 radical (unpaired) electrons. The highest BCUT2D eigenvalue weighted by atomic mass is 32.1. The van der Waals surface area contributed by atoms with Gasteiger partial charge in [-0.1, -0.05) is 11.2 Å². The summed E-state index contributed by atoms with van der Waals surface area (Å²) < 4.78 is 5.24. The van der Waals surface area contributed by atoms with Gasteiger partial charge in [0.2, 0.25) is 0 Å². The van der Waals surface area contributed by atoms with E-state index in [1.807, 2.05) is 25.2 Å². The van der Waals surface area contributed by atoms with E-state index in [-0.39, 0.29) is 0 Å². The van der Waals surface area contributed by atoms with Gasteiger partial charge in [0, 0.05) is 49.7 Å². The second kappa shape index (κ2) is 6.08. The molecule has 5 heteroatoms. The van der Waals surface area contributed by atoms with Crippen molar-refractivity contribution in [3.63, 3.8) is 0 Å². The molecule has 0 aromatic carbocycles. The molecule has 1 aliphatic rings. The molecular formula is C15H21N3OS. The van der Waals surface area contributed by atoms with Gasteiger partial charge in [0.05, 0.1) is 5.69 Å². The van der Waals surface area contributed by atoms with Crippen molar-refractivity contribution in [2.45, 2.75) is 26.9 Å². The molecule has 3 heterocycles. The van der Waals surface area contributed by atoms with Crippen LogP contribution in [0.15, 0.2) is 22.0 Å². The Balaban J connectivity index is 1.51. The molecule has 0 bridgehead atoms. The summed E-state index contributed by atoms with van der Waals surface area (Å²) in [6.45, 7) is 10.6. The largest absolute Gasteiger partial charge is 0.361 e. The molecule has 3 rings (SSSR count). The molecule has 1 fully saturated rings. The third kappa shape index (κ3) is 3.11. The number of hydrogen-bond donors (Lipinski definition) is 0. The average Bonchev–Trinajstić information content (AvgIpc) is 3.06. The van der Waals surface area contributed by atoms with E-state index < -0.39 is 0 Å². The van der Waals surface area contributed by atoms with Gasteiger partial charge in [-0.15, -0.1) is 11.3 Å². The molecule has 4 nitrogen and oxygen atoms in total. The second-order valence-electron chi connectivity index (χ2n) is 5.43. The van der Waals surface area contributed by atoms with Crippen molar-refractivity contribution in [2.75, 3.05) is 26.2 Å². The van der Waals surface area contributed by atoms with Gasteiger partial charge < -0.3 is 4.52 Å². The number of piperazine rings is 1. The Morgan fingerprint density at radius 3 is 2.40 bits per heavy atom. The third-order valence-electron chi connectivity index (χ3n) is 3.99. The topological polar surface area (TPSA) is 32.5 Å². The lowest BCUT2D eigenvalue weighted by molar-refractivity contribution is 0.122. The zero-order chi connectivity index (χ0) is 13.9. The second-order valence-corrected chi connectivity index (χ2v) is 6.47. The average molecular weight is 291 g/mol. The zero-order valence-electron chi connectivity index (χ0n) is 12.1. The van der Waals surface area contributed by atoms with Gasteiger partial charge in [-0.25, -0.2) is 0 Å². The van der Waals surface area contributed by atoms with Crippen molar-refractivity contribution >= 4 is 11.3 Å². The first-order valence-electron chi connectivity index (χ1n) is 7.11. The monoisotopic (exact) mass is 291 g/mol. The van der Waals surface area contributed by atoms with Crippen molar-refractivity contribution < 1.29 is 4.52 Å². The maximum Gasteiger partial charge on any atom is 0.138 e. The number of hydrogen-bond acceptors (Lipinski definition) is 5. The summed E-state index contributed by atoms with van der Waals surface area (Å²) in [6.07, 6.45) is 0. The van der Waals surface area contributed by atoms with Crippen LogP contribution in [0.1, 0.15) is 21.9 Å². The summed E-state index contributed by atoms with van der Waals surface area (Å²) >= 11 is 1.85. The quantitative estimate of drug-likeness (QED) is 0.867. The Hall–Kier alpha value is -1.17. The summed E-state index contributed by atoms with van der Waals surface area (Å²) in [5, 5.41) is 6.19. The molecule has 0 aliphatic carbocycles. The highest BCUT2D eigenvalue weighted by molar-refractivity contribution is 7.09. The van der Waals surface area contributed by atoms with E-state index in [9.17, 15) is 0 Å². The third-order valence-corrected chi connectivity index (χ3v) is 4.85. The van der Waals surface area contributed by atoms with Crippen LogP contribution in [0.2, 0.25) is 0 Å².